The third-order valence-corrected chi connectivity index (χ3v) is 4.05. The number of nitrogens with one attached hydrogen (secondary N) is 2. The highest BCUT2D eigenvalue weighted by molar-refractivity contribution is 14.0. The molecule has 136 valence electrons. The summed E-state index contributed by atoms with van der Waals surface area (Å²) in [4.78, 5) is 6.61. The Morgan fingerprint density at radius 1 is 1.29 bits per heavy atom. The van der Waals surface area contributed by atoms with Gasteiger partial charge in [0.1, 0.15) is 0 Å². The van der Waals surface area contributed by atoms with E-state index in [1.165, 1.54) is 12.0 Å². The maximum absolute atomic E-state index is 5.61. The van der Waals surface area contributed by atoms with Crippen LogP contribution in [0.4, 0.5) is 0 Å². The molecule has 1 atom stereocenters. The molecule has 1 heterocycles. The van der Waals surface area contributed by atoms with Crippen LogP contribution in [-0.2, 0) is 11.3 Å². The summed E-state index contributed by atoms with van der Waals surface area (Å²) in [6, 6.07) is 10.6. The molecule has 5 nitrogen and oxygen atoms in total. The van der Waals surface area contributed by atoms with E-state index >= 15 is 0 Å². The fraction of sp³-hybridized carbons (Fsp3) is 0.611. The SMILES string of the molecule is CN=C(NCCCN(C)Cc1ccccc1)NCC1CCCO1.I. The lowest BCUT2D eigenvalue weighted by molar-refractivity contribution is 0.114. The van der Waals surface area contributed by atoms with Crippen molar-refractivity contribution in [3.05, 3.63) is 35.9 Å². The Morgan fingerprint density at radius 3 is 2.75 bits per heavy atom. The highest BCUT2D eigenvalue weighted by Crippen LogP contribution is 2.10. The number of rotatable bonds is 8. The summed E-state index contributed by atoms with van der Waals surface area (Å²) >= 11 is 0. The summed E-state index contributed by atoms with van der Waals surface area (Å²) in [7, 11) is 3.98. The van der Waals surface area contributed by atoms with Gasteiger partial charge in [-0.1, -0.05) is 30.3 Å². The topological polar surface area (TPSA) is 48.9 Å². The number of ether oxygens (including phenoxy) is 1. The molecule has 2 rings (SSSR count). The predicted molar refractivity (Wildman–Crippen MR) is 111 cm³/mol. The summed E-state index contributed by atoms with van der Waals surface area (Å²) in [5.74, 6) is 0.867. The molecule has 6 heteroatoms. The van der Waals surface area contributed by atoms with Crippen LogP contribution < -0.4 is 10.6 Å². The highest BCUT2D eigenvalue weighted by atomic mass is 127. The van der Waals surface area contributed by atoms with E-state index in [0.717, 1.165) is 51.6 Å². The van der Waals surface area contributed by atoms with Crippen LogP contribution in [0.5, 0.6) is 0 Å². The lowest BCUT2D eigenvalue weighted by atomic mass is 10.2. The zero-order chi connectivity index (χ0) is 16.3. The van der Waals surface area contributed by atoms with E-state index in [4.69, 9.17) is 4.74 Å². The van der Waals surface area contributed by atoms with Crippen molar-refractivity contribution in [1.82, 2.24) is 15.5 Å². The van der Waals surface area contributed by atoms with Crippen LogP contribution in [-0.4, -0.2) is 57.3 Å². The van der Waals surface area contributed by atoms with Crippen LogP contribution >= 0.6 is 24.0 Å². The van der Waals surface area contributed by atoms with E-state index in [9.17, 15) is 0 Å². The molecule has 2 N–H and O–H groups in total. The van der Waals surface area contributed by atoms with Gasteiger partial charge < -0.3 is 20.3 Å². The van der Waals surface area contributed by atoms with Gasteiger partial charge in [-0.3, -0.25) is 4.99 Å². The monoisotopic (exact) mass is 446 g/mol. The molecule has 0 saturated carbocycles. The molecule has 1 saturated heterocycles. The van der Waals surface area contributed by atoms with Crippen molar-refractivity contribution in [3.63, 3.8) is 0 Å². The van der Waals surface area contributed by atoms with E-state index in [1.54, 1.807) is 0 Å². The molecule has 1 aliphatic rings. The van der Waals surface area contributed by atoms with Crippen molar-refractivity contribution in [2.24, 2.45) is 4.99 Å². The number of hydrogen-bond acceptors (Lipinski definition) is 3. The molecule has 0 spiro atoms. The first kappa shape index (κ1) is 21.2. The van der Waals surface area contributed by atoms with Crippen molar-refractivity contribution in [2.75, 3.05) is 40.3 Å². The number of aliphatic imine (C=N–C) groups is 1. The van der Waals surface area contributed by atoms with E-state index in [0.29, 0.717) is 6.10 Å². The molecule has 0 aliphatic carbocycles. The van der Waals surface area contributed by atoms with Gasteiger partial charge in [-0.2, -0.15) is 0 Å². The van der Waals surface area contributed by atoms with Gasteiger partial charge in [0.05, 0.1) is 6.10 Å². The number of benzene rings is 1. The third-order valence-electron chi connectivity index (χ3n) is 4.05. The van der Waals surface area contributed by atoms with Crippen LogP contribution in [0.25, 0.3) is 0 Å². The Balaban J connectivity index is 0.00000288. The van der Waals surface area contributed by atoms with Crippen LogP contribution in [0.1, 0.15) is 24.8 Å². The first-order valence-corrected chi connectivity index (χ1v) is 8.56. The van der Waals surface area contributed by atoms with Gasteiger partial charge in [0.15, 0.2) is 5.96 Å². The summed E-state index contributed by atoms with van der Waals surface area (Å²) in [5.41, 5.74) is 1.36. The molecule has 1 unspecified atom stereocenters. The van der Waals surface area contributed by atoms with Crippen LogP contribution in [0.15, 0.2) is 35.3 Å². The first-order valence-electron chi connectivity index (χ1n) is 8.56. The van der Waals surface area contributed by atoms with Crippen molar-refractivity contribution < 1.29 is 4.74 Å². The predicted octanol–water partition coefficient (Wildman–Crippen LogP) is 2.47. The molecule has 0 radical (unpaired) electrons. The Labute approximate surface area is 163 Å². The lowest BCUT2D eigenvalue weighted by Crippen LogP contribution is -2.41. The van der Waals surface area contributed by atoms with E-state index in [1.807, 2.05) is 7.05 Å². The second-order valence-electron chi connectivity index (χ2n) is 6.09. The highest BCUT2D eigenvalue weighted by Gasteiger charge is 2.15. The molecule has 1 aliphatic heterocycles. The van der Waals surface area contributed by atoms with Gasteiger partial charge in [-0.25, -0.2) is 0 Å². The Kier molecular flexibility index (Phi) is 11.0. The number of halogens is 1. The summed E-state index contributed by atoms with van der Waals surface area (Å²) in [5, 5.41) is 6.71. The zero-order valence-corrected chi connectivity index (χ0v) is 17.2. The van der Waals surface area contributed by atoms with Gasteiger partial charge >= 0.3 is 0 Å². The average Bonchev–Trinajstić information content (AvgIpc) is 3.08. The van der Waals surface area contributed by atoms with Gasteiger partial charge in [0.2, 0.25) is 0 Å². The second kappa shape index (κ2) is 12.5. The van der Waals surface area contributed by atoms with Gasteiger partial charge in [-0.05, 0) is 38.4 Å². The minimum absolute atomic E-state index is 0. The molecule has 1 aromatic rings. The largest absolute Gasteiger partial charge is 0.376 e. The fourth-order valence-electron chi connectivity index (χ4n) is 2.77. The van der Waals surface area contributed by atoms with Crippen LogP contribution in [0.2, 0.25) is 0 Å². The summed E-state index contributed by atoms with van der Waals surface area (Å²) < 4.78 is 5.61. The Hall–Kier alpha value is -0.860. The molecule has 0 aromatic heterocycles. The van der Waals surface area contributed by atoms with Crippen molar-refractivity contribution in [1.29, 1.82) is 0 Å². The van der Waals surface area contributed by atoms with E-state index < -0.39 is 0 Å². The van der Waals surface area contributed by atoms with Crippen LogP contribution in [0, 0.1) is 0 Å². The van der Waals surface area contributed by atoms with Gasteiger partial charge in [-0.15, -0.1) is 24.0 Å². The number of guanidine groups is 1. The minimum Gasteiger partial charge on any atom is -0.376 e. The van der Waals surface area contributed by atoms with E-state index in [2.05, 4.69) is 57.9 Å². The first-order chi connectivity index (χ1) is 11.3. The fourth-order valence-corrected chi connectivity index (χ4v) is 2.77. The Bertz CT molecular complexity index is 463. The molecule has 0 amide bonds. The molecular weight excluding hydrogens is 415 g/mol. The van der Waals surface area contributed by atoms with Gasteiger partial charge in [0.25, 0.3) is 0 Å². The second-order valence-corrected chi connectivity index (χ2v) is 6.09. The molecule has 1 aromatic carbocycles. The smallest absolute Gasteiger partial charge is 0.191 e. The quantitative estimate of drug-likeness (QED) is 0.279. The normalized spacial score (nSPS) is 17.6. The average molecular weight is 446 g/mol. The Morgan fingerprint density at radius 2 is 2.08 bits per heavy atom. The van der Waals surface area contributed by atoms with Gasteiger partial charge in [0, 0.05) is 33.3 Å². The van der Waals surface area contributed by atoms with Crippen LogP contribution in [0.3, 0.4) is 0 Å². The lowest BCUT2D eigenvalue weighted by Gasteiger charge is -2.18. The number of hydrogen-bond donors (Lipinski definition) is 2. The zero-order valence-electron chi connectivity index (χ0n) is 14.8. The third kappa shape index (κ3) is 8.30. The molecule has 24 heavy (non-hydrogen) atoms. The van der Waals surface area contributed by atoms with E-state index in [-0.39, 0.29) is 24.0 Å². The summed E-state index contributed by atoms with van der Waals surface area (Å²) in [6.07, 6.45) is 3.75. The standard InChI is InChI=1S/C18H30N4O.HI/c1-19-18(21-14-17-10-6-13-23-17)20-11-7-12-22(2)15-16-8-4-3-5-9-16;/h3-5,8-9,17H,6-7,10-15H2,1-2H3,(H2,19,20,21);1H. The summed E-state index contributed by atoms with van der Waals surface area (Å²) in [6.45, 7) is 4.71. The van der Waals surface area contributed by atoms with Crippen molar-refractivity contribution in [2.45, 2.75) is 31.9 Å². The van der Waals surface area contributed by atoms with Crippen molar-refractivity contribution >= 4 is 29.9 Å². The maximum atomic E-state index is 5.61. The minimum atomic E-state index is 0. The molecule has 0 bridgehead atoms. The molecular formula is C18H31IN4O. The number of nitrogens with zero attached hydrogens (tertiary/aromatic N) is 2. The maximum Gasteiger partial charge on any atom is 0.191 e. The molecule has 1 fully saturated rings. The van der Waals surface area contributed by atoms with Crippen molar-refractivity contribution in [3.8, 4) is 0 Å².